The monoisotopic (exact) mass is 203 g/mol. The van der Waals surface area contributed by atoms with E-state index >= 15 is 0 Å². The Morgan fingerprint density at radius 2 is 2.13 bits per heavy atom. The lowest BCUT2D eigenvalue weighted by atomic mass is 10.1. The number of hydrogen-bond acceptors (Lipinski definition) is 3. The van der Waals surface area contributed by atoms with Crippen LogP contribution in [-0.2, 0) is 0 Å². The van der Waals surface area contributed by atoms with E-state index in [1.807, 2.05) is 19.3 Å². The van der Waals surface area contributed by atoms with E-state index in [9.17, 15) is 0 Å². The molecular weight excluding hydrogens is 186 g/mol. The highest BCUT2D eigenvalue weighted by molar-refractivity contribution is 5.05. The molecule has 1 atom stereocenters. The molecule has 80 valence electrons. The maximum atomic E-state index is 5.26. The van der Waals surface area contributed by atoms with E-state index in [-0.39, 0.29) is 6.04 Å². The number of hydrogen-bond donors (Lipinski definition) is 1. The van der Waals surface area contributed by atoms with Gasteiger partial charge in [-0.05, 0) is 25.5 Å². The zero-order valence-electron chi connectivity index (χ0n) is 9.33. The Morgan fingerprint density at radius 1 is 1.47 bits per heavy atom. The van der Waals surface area contributed by atoms with E-state index in [0.717, 1.165) is 30.8 Å². The summed E-state index contributed by atoms with van der Waals surface area (Å²) in [5, 5.41) is 3.33. The molecule has 1 rings (SSSR count). The van der Waals surface area contributed by atoms with Crippen molar-refractivity contribution in [1.82, 2.24) is 15.3 Å². The lowest BCUT2D eigenvalue weighted by molar-refractivity contribution is 0.496. The van der Waals surface area contributed by atoms with Crippen molar-refractivity contribution in [2.45, 2.75) is 32.7 Å². The fourth-order valence-electron chi connectivity index (χ4n) is 1.38. The van der Waals surface area contributed by atoms with Crippen LogP contribution in [0, 0.1) is 19.3 Å². The Hall–Kier alpha value is -1.40. The minimum atomic E-state index is 0.173. The summed E-state index contributed by atoms with van der Waals surface area (Å²) in [6.07, 6.45) is 10.6. The number of rotatable bonds is 5. The maximum Gasteiger partial charge on any atom is 0.145 e. The molecule has 0 saturated carbocycles. The quantitative estimate of drug-likeness (QED) is 0.742. The van der Waals surface area contributed by atoms with Gasteiger partial charge in [0.2, 0.25) is 0 Å². The summed E-state index contributed by atoms with van der Waals surface area (Å²) in [5.41, 5.74) is 1.07. The standard InChI is InChI=1S/C12H17N3/c1-4-6-7-11(13-5-2)12-14-8-10(3)9-15-12/h1,8-9,11,13H,5-7H2,2-3H3. The lowest BCUT2D eigenvalue weighted by Gasteiger charge is -2.14. The number of nitrogens with zero attached hydrogens (tertiary/aromatic N) is 2. The predicted molar refractivity (Wildman–Crippen MR) is 61.3 cm³/mol. The SMILES string of the molecule is C#CCCC(NCC)c1ncc(C)cn1. The Labute approximate surface area is 91.3 Å². The summed E-state index contributed by atoms with van der Waals surface area (Å²) in [6.45, 7) is 4.94. The van der Waals surface area contributed by atoms with Gasteiger partial charge in [0.1, 0.15) is 5.82 Å². The van der Waals surface area contributed by atoms with Crippen LogP contribution >= 0.6 is 0 Å². The Morgan fingerprint density at radius 3 is 2.67 bits per heavy atom. The van der Waals surface area contributed by atoms with E-state index in [2.05, 4.69) is 28.1 Å². The number of terminal acetylenes is 1. The molecule has 0 aromatic carbocycles. The molecule has 0 aliphatic carbocycles. The Kier molecular flexibility index (Phi) is 4.79. The van der Waals surface area contributed by atoms with Crippen LogP contribution in [0.2, 0.25) is 0 Å². The minimum absolute atomic E-state index is 0.173. The van der Waals surface area contributed by atoms with Crippen molar-refractivity contribution in [2.24, 2.45) is 0 Å². The van der Waals surface area contributed by atoms with Gasteiger partial charge in [0.05, 0.1) is 6.04 Å². The number of aromatic nitrogens is 2. The first kappa shape index (κ1) is 11.7. The minimum Gasteiger partial charge on any atom is -0.308 e. The lowest BCUT2D eigenvalue weighted by Crippen LogP contribution is -2.22. The third-order valence-electron chi connectivity index (χ3n) is 2.14. The number of aryl methyl sites for hydroxylation is 1. The zero-order valence-corrected chi connectivity index (χ0v) is 9.33. The van der Waals surface area contributed by atoms with Gasteiger partial charge in [-0.1, -0.05) is 6.92 Å². The third-order valence-corrected chi connectivity index (χ3v) is 2.14. The van der Waals surface area contributed by atoms with Crippen LogP contribution in [0.15, 0.2) is 12.4 Å². The molecule has 3 heteroatoms. The van der Waals surface area contributed by atoms with E-state index in [0.29, 0.717) is 0 Å². The van der Waals surface area contributed by atoms with E-state index in [4.69, 9.17) is 6.42 Å². The van der Waals surface area contributed by atoms with Gasteiger partial charge in [-0.25, -0.2) is 9.97 Å². The first-order valence-corrected chi connectivity index (χ1v) is 5.23. The molecule has 1 N–H and O–H groups in total. The van der Waals surface area contributed by atoms with E-state index < -0.39 is 0 Å². The summed E-state index contributed by atoms with van der Waals surface area (Å²) in [5.74, 6) is 3.47. The molecule has 0 spiro atoms. The van der Waals surface area contributed by atoms with Crippen LogP contribution in [0.1, 0.15) is 37.2 Å². The average molecular weight is 203 g/mol. The van der Waals surface area contributed by atoms with E-state index in [1.165, 1.54) is 0 Å². The summed E-state index contributed by atoms with van der Waals surface area (Å²) in [7, 11) is 0. The van der Waals surface area contributed by atoms with Gasteiger partial charge in [-0.3, -0.25) is 0 Å². The van der Waals surface area contributed by atoms with Crippen LogP contribution in [-0.4, -0.2) is 16.5 Å². The topological polar surface area (TPSA) is 37.8 Å². The summed E-state index contributed by atoms with van der Waals surface area (Å²) < 4.78 is 0. The third kappa shape index (κ3) is 3.69. The normalized spacial score (nSPS) is 12.1. The smallest absolute Gasteiger partial charge is 0.145 e. The van der Waals surface area contributed by atoms with Crippen molar-refractivity contribution in [2.75, 3.05) is 6.54 Å². The highest BCUT2D eigenvalue weighted by Crippen LogP contribution is 2.13. The van der Waals surface area contributed by atoms with Gasteiger partial charge < -0.3 is 5.32 Å². The molecule has 0 fully saturated rings. The zero-order chi connectivity index (χ0) is 11.1. The Bertz CT molecular complexity index is 324. The van der Waals surface area contributed by atoms with Gasteiger partial charge in [0, 0.05) is 18.8 Å². The summed E-state index contributed by atoms with van der Waals surface area (Å²) in [4.78, 5) is 8.62. The molecule has 0 bridgehead atoms. The van der Waals surface area contributed by atoms with Crippen LogP contribution in [0.25, 0.3) is 0 Å². The van der Waals surface area contributed by atoms with Crippen molar-refractivity contribution >= 4 is 0 Å². The molecule has 0 amide bonds. The largest absolute Gasteiger partial charge is 0.308 e. The molecule has 1 aromatic heterocycles. The maximum absolute atomic E-state index is 5.26. The predicted octanol–water partition coefficient (Wildman–Crippen LogP) is 1.85. The van der Waals surface area contributed by atoms with Crippen LogP contribution in [0.5, 0.6) is 0 Å². The van der Waals surface area contributed by atoms with Gasteiger partial charge >= 0.3 is 0 Å². The fraction of sp³-hybridized carbons (Fsp3) is 0.500. The number of nitrogens with one attached hydrogen (secondary N) is 1. The van der Waals surface area contributed by atoms with Crippen LogP contribution < -0.4 is 5.32 Å². The molecular formula is C12H17N3. The van der Waals surface area contributed by atoms with E-state index in [1.54, 1.807) is 0 Å². The highest BCUT2D eigenvalue weighted by atomic mass is 15.0. The fourth-order valence-corrected chi connectivity index (χ4v) is 1.38. The molecule has 0 radical (unpaired) electrons. The second-order valence-corrected chi connectivity index (χ2v) is 3.47. The average Bonchev–Trinajstić information content (AvgIpc) is 2.25. The Balaban J connectivity index is 2.70. The second-order valence-electron chi connectivity index (χ2n) is 3.47. The van der Waals surface area contributed by atoms with Gasteiger partial charge in [0.25, 0.3) is 0 Å². The summed E-state index contributed by atoms with van der Waals surface area (Å²) >= 11 is 0. The van der Waals surface area contributed by atoms with Crippen molar-refractivity contribution in [1.29, 1.82) is 0 Å². The molecule has 0 saturated heterocycles. The summed E-state index contributed by atoms with van der Waals surface area (Å²) in [6, 6.07) is 0.173. The highest BCUT2D eigenvalue weighted by Gasteiger charge is 2.11. The first-order chi connectivity index (χ1) is 7.27. The van der Waals surface area contributed by atoms with Gasteiger partial charge in [-0.2, -0.15) is 0 Å². The first-order valence-electron chi connectivity index (χ1n) is 5.23. The van der Waals surface area contributed by atoms with Crippen molar-refractivity contribution in [3.05, 3.63) is 23.8 Å². The second kappa shape index (κ2) is 6.15. The molecule has 1 unspecified atom stereocenters. The van der Waals surface area contributed by atoms with Crippen molar-refractivity contribution in [3.8, 4) is 12.3 Å². The molecule has 3 nitrogen and oxygen atoms in total. The molecule has 0 aliphatic heterocycles. The molecule has 15 heavy (non-hydrogen) atoms. The molecule has 1 heterocycles. The molecule has 1 aromatic rings. The van der Waals surface area contributed by atoms with Gasteiger partial charge in [-0.15, -0.1) is 12.3 Å². The van der Waals surface area contributed by atoms with Crippen LogP contribution in [0.3, 0.4) is 0 Å². The van der Waals surface area contributed by atoms with Crippen molar-refractivity contribution < 1.29 is 0 Å². The van der Waals surface area contributed by atoms with Crippen molar-refractivity contribution in [3.63, 3.8) is 0 Å². The van der Waals surface area contributed by atoms with Crippen LogP contribution in [0.4, 0.5) is 0 Å². The molecule has 0 aliphatic rings. The van der Waals surface area contributed by atoms with Gasteiger partial charge in [0.15, 0.2) is 0 Å².